The Labute approximate surface area is 168 Å². The van der Waals surface area contributed by atoms with Crippen LogP contribution in [0.4, 0.5) is 0 Å². The first-order valence-corrected chi connectivity index (χ1v) is 10.6. The Morgan fingerprint density at radius 2 is 1.79 bits per heavy atom. The molecule has 1 aliphatic heterocycles. The molecule has 1 saturated heterocycles. The van der Waals surface area contributed by atoms with Crippen LogP contribution in [0.25, 0.3) is 0 Å². The van der Waals surface area contributed by atoms with E-state index in [9.17, 15) is 18.0 Å². The number of nitrogens with zero attached hydrogens (tertiary/aromatic N) is 4. The highest BCUT2D eigenvalue weighted by atomic mass is 32.2. The number of carboxylic acids is 1. The summed E-state index contributed by atoms with van der Waals surface area (Å²) < 4.78 is 31.8. The third-order valence-corrected chi connectivity index (χ3v) is 6.59. The molecular weight excluding hydrogens is 400 g/mol. The molecule has 0 atom stereocenters. The van der Waals surface area contributed by atoms with E-state index in [1.807, 2.05) is 0 Å². The van der Waals surface area contributed by atoms with Gasteiger partial charge in [-0.3, -0.25) is 4.79 Å². The fourth-order valence-corrected chi connectivity index (χ4v) is 4.51. The number of aromatic nitrogens is 2. The van der Waals surface area contributed by atoms with Crippen molar-refractivity contribution in [2.24, 2.45) is 0 Å². The number of hydrogen-bond donors (Lipinski definition) is 1. The van der Waals surface area contributed by atoms with Crippen molar-refractivity contribution in [3.05, 3.63) is 41.5 Å². The van der Waals surface area contributed by atoms with Gasteiger partial charge in [-0.1, -0.05) is 5.16 Å². The fourth-order valence-electron chi connectivity index (χ4n) is 3.09. The Kier molecular flexibility index (Phi) is 6.28. The van der Waals surface area contributed by atoms with Crippen LogP contribution in [-0.2, 0) is 21.2 Å². The SMILES string of the molecule is Cc1noc(CCCC(=O)N2CCN(S(=O)(=O)c3ccc(C(=O)O)cc3)CC2)n1. The lowest BCUT2D eigenvalue weighted by atomic mass is 10.2. The number of amides is 1. The summed E-state index contributed by atoms with van der Waals surface area (Å²) in [5.41, 5.74) is 0.0232. The average molecular weight is 422 g/mol. The second kappa shape index (κ2) is 8.70. The topological polar surface area (TPSA) is 134 Å². The van der Waals surface area contributed by atoms with Crippen molar-refractivity contribution in [2.75, 3.05) is 26.2 Å². The maximum Gasteiger partial charge on any atom is 0.335 e. The zero-order valence-corrected chi connectivity index (χ0v) is 16.8. The molecular formula is C18H22N4O6S. The number of carbonyl (C=O) groups excluding carboxylic acids is 1. The first kappa shape index (κ1) is 20.9. The molecule has 1 fully saturated rings. The van der Waals surface area contributed by atoms with Gasteiger partial charge in [0.2, 0.25) is 21.8 Å². The number of aryl methyl sites for hydroxylation is 2. The van der Waals surface area contributed by atoms with Crippen LogP contribution in [0.1, 0.15) is 34.9 Å². The van der Waals surface area contributed by atoms with E-state index < -0.39 is 16.0 Å². The lowest BCUT2D eigenvalue weighted by Crippen LogP contribution is -2.50. The molecule has 1 aromatic heterocycles. The second-order valence-corrected chi connectivity index (χ2v) is 8.64. The van der Waals surface area contributed by atoms with Crippen LogP contribution in [0.5, 0.6) is 0 Å². The van der Waals surface area contributed by atoms with E-state index in [1.54, 1.807) is 11.8 Å². The highest BCUT2D eigenvalue weighted by Gasteiger charge is 2.30. The third-order valence-electron chi connectivity index (χ3n) is 4.68. The molecule has 0 aliphatic carbocycles. The Balaban J connectivity index is 1.51. The zero-order valence-electron chi connectivity index (χ0n) is 15.9. The maximum absolute atomic E-state index is 12.7. The minimum absolute atomic E-state index is 0.0232. The lowest BCUT2D eigenvalue weighted by Gasteiger charge is -2.34. The summed E-state index contributed by atoms with van der Waals surface area (Å²) in [5.74, 6) is -0.0965. The summed E-state index contributed by atoms with van der Waals surface area (Å²) >= 11 is 0. The van der Waals surface area contributed by atoms with E-state index in [2.05, 4.69) is 10.1 Å². The van der Waals surface area contributed by atoms with Crippen LogP contribution >= 0.6 is 0 Å². The second-order valence-electron chi connectivity index (χ2n) is 6.70. The smallest absolute Gasteiger partial charge is 0.335 e. The van der Waals surface area contributed by atoms with Gasteiger partial charge in [-0.05, 0) is 37.6 Å². The van der Waals surface area contributed by atoms with Crippen LogP contribution in [0, 0.1) is 6.92 Å². The van der Waals surface area contributed by atoms with Gasteiger partial charge in [0.1, 0.15) is 0 Å². The van der Waals surface area contributed by atoms with Crippen molar-refractivity contribution < 1.29 is 27.6 Å². The number of sulfonamides is 1. The molecule has 1 amide bonds. The van der Waals surface area contributed by atoms with Crippen LogP contribution in [-0.4, -0.2) is 70.9 Å². The standard InChI is InChI=1S/C18H22N4O6S/c1-13-19-16(28-20-13)3-2-4-17(23)21-9-11-22(12-10-21)29(26,27)15-7-5-14(6-8-15)18(24)25/h5-8H,2-4,9-12H2,1H3,(H,24,25). The lowest BCUT2D eigenvalue weighted by molar-refractivity contribution is -0.132. The Morgan fingerprint density at radius 3 is 2.34 bits per heavy atom. The van der Waals surface area contributed by atoms with Gasteiger partial charge in [-0.25, -0.2) is 13.2 Å². The van der Waals surface area contributed by atoms with E-state index in [0.717, 1.165) is 0 Å². The summed E-state index contributed by atoms with van der Waals surface area (Å²) in [6.07, 6.45) is 1.42. The summed E-state index contributed by atoms with van der Waals surface area (Å²) in [7, 11) is -3.73. The van der Waals surface area contributed by atoms with Crippen molar-refractivity contribution in [2.45, 2.75) is 31.1 Å². The Bertz CT molecular complexity index is 978. The van der Waals surface area contributed by atoms with Crippen LogP contribution in [0.2, 0.25) is 0 Å². The number of carbonyl (C=O) groups is 2. The first-order valence-electron chi connectivity index (χ1n) is 9.18. The third kappa shape index (κ3) is 4.98. The molecule has 1 aliphatic rings. The fraction of sp³-hybridized carbons (Fsp3) is 0.444. The van der Waals surface area contributed by atoms with Gasteiger partial charge >= 0.3 is 5.97 Å². The van der Waals surface area contributed by atoms with Gasteiger partial charge < -0.3 is 14.5 Å². The van der Waals surface area contributed by atoms with Crippen molar-refractivity contribution in [1.29, 1.82) is 0 Å². The average Bonchev–Trinajstić information content (AvgIpc) is 3.13. The van der Waals surface area contributed by atoms with Gasteiger partial charge in [0, 0.05) is 39.0 Å². The zero-order chi connectivity index (χ0) is 21.0. The highest BCUT2D eigenvalue weighted by Crippen LogP contribution is 2.19. The van der Waals surface area contributed by atoms with Crippen LogP contribution in [0.15, 0.2) is 33.7 Å². The molecule has 11 heteroatoms. The molecule has 10 nitrogen and oxygen atoms in total. The van der Waals surface area contributed by atoms with Gasteiger partial charge in [-0.15, -0.1) is 0 Å². The van der Waals surface area contributed by atoms with E-state index in [0.29, 0.717) is 44.1 Å². The van der Waals surface area contributed by atoms with Gasteiger partial charge in [0.05, 0.1) is 10.5 Å². The van der Waals surface area contributed by atoms with Crippen LogP contribution in [0.3, 0.4) is 0 Å². The quantitative estimate of drug-likeness (QED) is 0.696. The summed E-state index contributed by atoms with van der Waals surface area (Å²) in [6.45, 7) is 2.73. The molecule has 0 spiro atoms. The largest absolute Gasteiger partial charge is 0.478 e. The Hall–Kier alpha value is -2.79. The van der Waals surface area contributed by atoms with E-state index in [1.165, 1.54) is 28.6 Å². The van der Waals surface area contributed by atoms with Gasteiger partial charge in [0.25, 0.3) is 0 Å². The summed E-state index contributed by atoms with van der Waals surface area (Å²) in [5, 5.41) is 12.6. The number of aromatic carboxylic acids is 1. The minimum Gasteiger partial charge on any atom is -0.478 e. The number of carboxylic acid groups (broad SMARTS) is 1. The maximum atomic E-state index is 12.7. The van der Waals surface area contributed by atoms with Crippen LogP contribution < -0.4 is 0 Å². The highest BCUT2D eigenvalue weighted by molar-refractivity contribution is 7.89. The molecule has 0 unspecified atom stereocenters. The van der Waals surface area contributed by atoms with Crippen molar-refractivity contribution >= 4 is 21.9 Å². The molecule has 0 radical (unpaired) electrons. The molecule has 1 N–H and O–H groups in total. The van der Waals surface area contributed by atoms with E-state index in [-0.39, 0.29) is 29.5 Å². The van der Waals surface area contributed by atoms with Gasteiger partial charge in [-0.2, -0.15) is 9.29 Å². The first-order chi connectivity index (χ1) is 13.8. The van der Waals surface area contributed by atoms with Crippen molar-refractivity contribution in [3.8, 4) is 0 Å². The Morgan fingerprint density at radius 1 is 1.14 bits per heavy atom. The van der Waals surface area contributed by atoms with E-state index >= 15 is 0 Å². The molecule has 0 saturated carbocycles. The molecule has 2 aromatic rings. The molecule has 1 aromatic carbocycles. The summed E-state index contributed by atoms with van der Waals surface area (Å²) in [6, 6.07) is 5.10. The number of benzene rings is 1. The monoisotopic (exact) mass is 422 g/mol. The predicted octanol–water partition coefficient (Wildman–Crippen LogP) is 0.932. The van der Waals surface area contributed by atoms with Crippen molar-refractivity contribution in [3.63, 3.8) is 0 Å². The summed E-state index contributed by atoms with van der Waals surface area (Å²) in [4.78, 5) is 29.1. The molecule has 2 heterocycles. The number of piperazine rings is 1. The number of hydrogen-bond acceptors (Lipinski definition) is 7. The van der Waals surface area contributed by atoms with Crippen molar-refractivity contribution in [1.82, 2.24) is 19.3 Å². The number of rotatable bonds is 7. The molecule has 0 bridgehead atoms. The molecule has 156 valence electrons. The normalized spacial score (nSPS) is 15.4. The van der Waals surface area contributed by atoms with E-state index in [4.69, 9.17) is 9.63 Å². The molecule has 3 rings (SSSR count). The minimum atomic E-state index is -3.73. The molecule has 29 heavy (non-hydrogen) atoms. The van der Waals surface area contributed by atoms with Gasteiger partial charge in [0.15, 0.2) is 5.82 Å². The predicted molar refractivity (Wildman–Crippen MR) is 101 cm³/mol.